The van der Waals surface area contributed by atoms with Gasteiger partial charge in [0.2, 0.25) is 5.91 Å². The van der Waals surface area contributed by atoms with Crippen LogP contribution in [0.5, 0.6) is 0 Å². The Labute approximate surface area is 136 Å². The van der Waals surface area contributed by atoms with Gasteiger partial charge in [0.25, 0.3) is 0 Å². The minimum absolute atomic E-state index is 0.319. The smallest absolute Gasteiger partial charge is 0.223 e. The van der Waals surface area contributed by atoms with E-state index in [1.165, 1.54) is 44.1 Å². The number of amides is 1. The maximum Gasteiger partial charge on any atom is 0.223 e. The third-order valence-corrected chi connectivity index (χ3v) is 7.39. The van der Waals surface area contributed by atoms with Crippen LogP contribution in [-0.4, -0.2) is 28.2 Å². The highest BCUT2D eigenvalue weighted by molar-refractivity contribution is 9.10. The van der Waals surface area contributed by atoms with Crippen LogP contribution < -0.4 is 0 Å². The van der Waals surface area contributed by atoms with Crippen molar-refractivity contribution in [2.24, 2.45) is 17.3 Å². The SMILES string of the molecule is C=C1CCN(C(=O)CC23CC4CC(CC(Br)(C4)C2)C3)CC1. The Bertz CT molecular complexity index is 462. The Morgan fingerprint density at radius 2 is 1.81 bits per heavy atom. The number of piperidine rings is 1. The Hall–Kier alpha value is -0.310. The minimum atomic E-state index is 0.319. The van der Waals surface area contributed by atoms with Gasteiger partial charge in [-0.25, -0.2) is 0 Å². The molecule has 1 aliphatic heterocycles. The van der Waals surface area contributed by atoms with Crippen LogP contribution in [0.4, 0.5) is 0 Å². The minimum Gasteiger partial charge on any atom is -0.342 e. The molecule has 1 amide bonds. The lowest BCUT2D eigenvalue weighted by Gasteiger charge is -2.60. The number of halogens is 1. The molecule has 21 heavy (non-hydrogen) atoms. The molecule has 0 aromatic heterocycles. The molecule has 5 rings (SSSR count). The van der Waals surface area contributed by atoms with Gasteiger partial charge < -0.3 is 4.90 Å². The first-order chi connectivity index (χ1) is 9.95. The van der Waals surface area contributed by atoms with Gasteiger partial charge in [-0.05, 0) is 68.6 Å². The summed E-state index contributed by atoms with van der Waals surface area (Å²) in [6, 6.07) is 0. The quantitative estimate of drug-likeness (QED) is 0.536. The Kier molecular flexibility index (Phi) is 3.30. The van der Waals surface area contributed by atoms with Crippen molar-refractivity contribution in [1.82, 2.24) is 4.90 Å². The molecule has 0 radical (unpaired) electrons. The summed E-state index contributed by atoms with van der Waals surface area (Å²) < 4.78 is 0.369. The number of nitrogens with zero attached hydrogens (tertiary/aromatic N) is 1. The first kappa shape index (κ1) is 14.3. The second kappa shape index (κ2) is 4.84. The predicted molar refractivity (Wildman–Crippen MR) is 88.3 cm³/mol. The third kappa shape index (κ3) is 2.60. The average molecular weight is 352 g/mol. The second-order valence-electron chi connectivity index (χ2n) is 8.42. The first-order valence-electron chi connectivity index (χ1n) is 8.59. The molecule has 4 aliphatic carbocycles. The number of rotatable bonds is 2. The fourth-order valence-corrected chi connectivity index (χ4v) is 7.56. The number of likely N-dealkylation sites (tertiary alicyclic amines) is 1. The molecule has 3 heteroatoms. The molecule has 0 aromatic carbocycles. The summed E-state index contributed by atoms with van der Waals surface area (Å²) >= 11 is 4.05. The zero-order valence-corrected chi connectivity index (χ0v) is 14.5. The van der Waals surface area contributed by atoms with E-state index in [1.807, 2.05) is 0 Å². The van der Waals surface area contributed by atoms with E-state index >= 15 is 0 Å². The highest BCUT2D eigenvalue weighted by atomic mass is 79.9. The number of hydrogen-bond donors (Lipinski definition) is 0. The van der Waals surface area contributed by atoms with Gasteiger partial charge >= 0.3 is 0 Å². The summed E-state index contributed by atoms with van der Waals surface area (Å²) in [5.74, 6) is 2.17. The van der Waals surface area contributed by atoms with E-state index in [0.29, 0.717) is 15.6 Å². The van der Waals surface area contributed by atoms with Crippen LogP contribution >= 0.6 is 15.9 Å². The van der Waals surface area contributed by atoms with Gasteiger partial charge in [0.1, 0.15) is 0 Å². The topological polar surface area (TPSA) is 20.3 Å². The molecule has 0 spiro atoms. The van der Waals surface area contributed by atoms with Crippen molar-refractivity contribution in [2.75, 3.05) is 13.1 Å². The lowest BCUT2D eigenvalue weighted by Crippen LogP contribution is -2.54. The van der Waals surface area contributed by atoms with Crippen LogP contribution in [-0.2, 0) is 4.79 Å². The fraction of sp³-hybridized carbons (Fsp3) is 0.833. The second-order valence-corrected chi connectivity index (χ2v) is 10.1. The van der Waals surface area contributed by atoms with Crippen molar-refractivity contribution >= 4 is 21.8 Å². The summed E-state index contributed by atoms with van der Waals surface area (Å²) in [7, 11) is 0. The van der Waals surface area contributed by atoms with Gasteiger partial charge in [-0.2, -0.15) is 0 Å². The molecule has 4 saturated carbocycles. The van der Waals surface area contributed by atoms with Gasteiger partial charge in [0.05, 0.1) is 0 Å². The zero-order valence-electron chi connectivity index (χ0n) is 12.9. The maximum absolute atomic E-state index is 12.8. The summed E-state index contributed by atoms with van der Waals surface area (Å²) in [5, 5.41) is 0. The Morgan fingerprint density at radius 3 is 2.38 bits per heavy atom. The lowest BCUT2D eigenvalue weighted by atomic mass is 9.48. The van der Waals surface area contributed by atoms with Crippen LogP contribution in [0.15, 0.2) is 12.2 Å². The molecule has 1 saturated heterocycles. The number of carbonyl (C=O) groups excluding carboxylic acids is 1. The molecule has 2 nitrogen and oxygen atoms in total. The molecule has 1 heterocycles. The van der Waals surface area contributed by atoms with Crippen LogP contribution in [0.2, 0.25) is 0 Å². The van der Waals surface area contributed by atoms with Gasteiger partial charge in [-0.3, -0.25) is 4.79 Å². The highest BCUT2D eigenvalue weighted by Gasteiger charge is 2.57. The fourth-order valence-electron chi connectivity index (χ4n) is 6.05. The average Bonchev–Trinajstić information content (AvgIpc) is 2.35. The number of hydrogen-bond acceptors (Lipinski definition) is 1. The van der Waals surface area contributed by atoms with E-state index in [1.54, 1.807) is 0 Å². The molecule has 0 aromatic rings. The molecule has 0 N–H and O–H groups in total. The van der Waals surface area contributed by atoms with Gasteiger partial charge in [-0.15, -0.1) is 0 Å². The van der Waals surface area contributed by atoms with Crippen molar-refractivity contribution in [3.05, 3.63) is 12.2 Å². The molecule has 116 valence electrons. The molecule has 5 aliphatic rings. The van der Waals surface area contributed by atoms with Gasteiger partial charge in [0.15, 0.2) is 0 Å². The molecular formula is C18H26BrNO. The van der Waals surface area contributed by atoms with Crippen molar-refractivity contribution < 1.29 is 4.79 Å². The summed E-state index contributed by atoms with van der Waals surface area (Å²) in [4.78, 5) is 14.9. The van der Waals surface area contributed by atoms with E-state index in [-0.39, 0.29) is 0 Å². The molecule has 2 unspecified atom stereocenters. The first-order valence-corrected chi connectivity index (χ1v) is 9.38. The summed E-state index contributed by atoms with van der Waals surface area (Å²) in [6.07, 6.45) is 10.8. The van der Waals surface area contributed by atoms with Crippen LogP contribution in [0, 0.1) is 17.3 Å². The van der Waals surface area contributed by atoms with Crippen molar-refractivity contribution in [3.63, 3.8) is 0 Å². The van der Waals surface area contributed by atoms with E-state index < -0.39 is 0 Å². The predicted octanol–water partition coefficient (Wildman–Crippen LogP) is 4.29. The lowest BCUT2D eigenvalue weighted by molar-refractivity contribution is -0.138. The van der Waals surface area contributed by atoms with Crippen LogP contribution in [0.25, 0.3) is 0 Å². The van der Waals surface area contributed by atoms with E-state index in [4.69, 9.17) is 0 Å². The third-order valence-electron chi connectivity index (χ3n) is 6.46. The van der Waals surface area contributed by atoms with Gasteiger partial charge in [-0.1, -0.05) is 28.1 Å². The normalized spacial score (nSPS) is 45.2. The van der Waals surface area contributed by atoms with Gasteiger partial charge in [0, 0.05) is 23.8 Å². The van der Waals surface area contributed by atoms with Crippen molar-refractivity contribution in [3.8, 4) is 0 Å². The Balaban J connectivity index is 1.46. The summed E-state index contributed by atoms with van der Waals surface area (Å²) in [6.45, 7) is 5.86. The Morgan fingerprint density at radius 1 is 1.19 bits per heavy atom. The highest BCUT2D eigenvalue weighted by Crippen LogP contribution is 2.65. The number of carbonyl (C=O) groups is 1. The number of alkyl halides is 1. The molecule has 2 atom stereocenters. The molecular weight excluding hydrogens is 326 g/mol. The monoisotopic (exact) mass is 351 g/mol. The summed E-state index contributed by atoms with van der Waals surface area (Å²) in [5.41, 5.74) is 1.63. The standard InChI is InChI=1S/C18H26BrNO/c1-13-2-4-20(5-3-13)16(21)11-17-7-14-6-15(8-17)10-18(19,9-14)12-17/h14-15H,1-12H2. The van der Waals surface area contributed by atoms with E-state index in [2.05, 4.69) is 27.4 Å². The molecule has 4 bridgehead atoms. The van der Waals surface area contributed by atoms with E-state index in [9.17, 15) is 4.79 Å². The van der Waals surface area contributed by atoms with Crippen molar-refractivity contribution in [1.29, 1.82) is 0 Å². The largest absolute Gasteiger partial charge is 0.342 e. The maximum atomic E-state index is 12.8. The van der Waals surface area contributed by atoms with E-state index in [0.717, 1.165) is 44.2 Å². The van der Waals surface area contributed by atoms with Crippen molar-refractivity contribution in [2.45, 2.75) is 62.1 Å². The van der Waals surface area contributed by atoms with Crippen LogP contribution in [0.3, 0.4) is 0 Å². The molecule has 5 fully saturated rings. The van der Waals surface area contributed by atoms with Crippen LogP contribution in [0.1, 0.15) is 57.8 Å². The zero-order chi connectivity index (χ0) is 14.7.